The molecular weight excluding hydrogens is 560 g/mol. The second-order valence-corrected chi connectivity index (χ2v) is 12.0. The summed E-state index contributed by atoms with van der Waals surface area (Å²) in [5.74, 6) is 0. The molecule has 0 atom stereocenters. The molecule has 0 amide bonds. The van der Waals surface area contributed by atoms with Gasteiger partial charge in [0.2, 0.25) is 0 Å². The van der Waals surface area contributed by atoms with Crippen LogP contribution in [-0.4, -0.2) is 0 Å². The molecule has 0 aliphatic rings. The summed E-state index contributed by atoms with van der Waals surface area (Å²) in [7, 11) is 0. The van der Waals surface area contributed by atoms with Crippen LogP contribution >= 0.6 is 0 Å². The van der Waals surface area contributed by atoms with Crippen LogP contribution in [0.1, 0.15) is 0 Å². The zero-order valence-electron chi connectivity index (χ0n) is 24.8. The van der Waals surface area contributed by atoms with Crippen LogP contribution in [-0.2, 0) is 0 Å². The molecule has 46 heavy (non-hydrogen) atoms. The summed E-state index contributed by atoms with van der Waals surface area (Å²) < 4.78 is 13.2. The zero-order valence-corrected chi connectivity index (χ0v) is 24.8. The minimum atomic E-state index is 0.830. The predicted octanol–water partition coefficient (Wildman–Crippen LogP) is 12.8. The first-order valence-corrected chi connectivity index (χ1v) is 15.7. The normalized spacial score (nSPS) is 11.9. The van der Waals surface area contributed by atoms with Crippen molar-refractivity contribution in [2.45, 2.75) is 0 Å². The third-order valence-corrected chi connectivity index (χ3v) is 9.49. The molecular formula is C44H26O2. The molecule has 0 aliphatic carbocycles. The van der Waals surface area contributed by atoms with Crippen LogP contribution in [0.3, 0.4) is 0 Å². The lowest BCUT2D eigenvalue weighted by molar-refractivity contribution is 0.663. The maximum atomic E-state index is 6.77. The maximum Gasteiger partial charge on any atom is 0.147 e. The highest BCUT2D eigenvalue weighted by Gasteiger charge is 2.23. The van der Waals surface area contributed by atoms with Gasteiger partial charge in [-0.3, -0.25) is 0 Å². The van der Waals surface area contributed by atoms with Crippen molar-refractivity contribution < 1.29 is 8.83 Å². The molecule has 0 bridgehead atoms. The van der Waals surface area contributed by atoms with E-state index in [-0.39, 0.29) is 0 Å². The van der Waals surface area contributed by atoms with Gasteiger partial charge >= 0.3 is 0 Å². The summed E-state index contributed by atoms with van der Waals surface area (Å²) in [5.41, 5.74) is 10.6. The van der Waals surface area contributed by atoms with Gasteiger partial charge in [-0.15, -0.1) is 0 Å². The Bertz CT molecular complexity index is 2740. The van der Waals surface area contributed by atoms with Gasteiger partial charge in [0.25, 0.3) is 0 Å². The fourth-order valence-electron chi connectivity index (χ4n) is 7.54. The molecule has 0 unspecified atom stereocenters. The molecule has 0 fully saturated rings. The zero-order chi connectivity index (χ0) is 30.2. The molecule has 10 rings (SSSR count). The summed E-state index contributed by atoms with van der Waals surface area (Å²) in [4.78, 5) is 0. The van der Waals surface area contributed by atoms with Crippen LogP contribution in [0.25, 0.3) is 98.8 Å². The Balaban J connectivity index is 1.32. The maximum absolute atomic E-state index is 6.77. The van der Waals surface area contributed by atoms with Crippen LogP contribution in [0.4, 0.5) is 0 Å². The van der Waals surface area contributed by atoms with Crippen molar-refractivity contribution in [2.24, 2.45) is 0 Å². The van der Waals surface area contributed by atoms with Crippen LogP contribution in [0, 0.1) is 0 Å². The van der Waals surface area contributed by atoms with E-state index in [1.807, 2.05) is 12.1 Å². The Morgan fingerprint density at radius 1 is 0.283 bits per heavy atom. The SMILES string of the molecule is c1ccc(-c2ccccc2-c2c3ccccc3c(-c3cccc4c3oc3ccc5c6ccccc6oc5c34)c3ccccc23)cc1. The Morgan fingerprint density at radius 2 is 0.804 bits per heavy atom. The molecule has 2 heterocycles. The summed E-state index contributed by atoms with van der Waals surface area (Å²) in [6.45, 7) is 0. The van der Waals surface area contributed by atoms with Gasteiger partial charge in [0.05, 0.1) is 5.39 Å². The second-order valence-electron chi connectivity index (χ2n) is 12.0. The molecule has 0 N–H and O–H groups in total. The summed E-state index contributed by atoms with van der Waals surface area (Å²) in [5, 5.41) is 9.12. The largest absolute Gasteiger partial charge is 0.455 e. The van der Waals surface area contributed by atoms with E-state index in [1.54, 1.807) is 0 Å². The summed E-state index contributed by atoms with van der Waals surface area (Å²) in [6.07, 6.45) is 0. The minimum Gasteiger partial charge on any atom is -0.455 e. The van der Waals surface area contributed by atoms with Gasteiger partial charge in [-0.1, -0.05) is 140 Å². The molecule has 10 aromatic rings. The summed E-state index contributed by atoms with van der Waals surface area (Å²) in [6, 6.07) is 56.0. The first kappa shape index (κ1) is 25.2. The molecule has 0 radical (unpaired) electrons. The van der Waals surface area contributed by atoms with Crippen LogP contribution < -0.4 is 0 Å². The number of para-hydroxylation sites is 2. The van der Waals surface area contributed by atoms with E-state index in [1.165, 1.54) is 49.4 Å². The quantitative estimate of drug-likeness (QED) is 0.193. The van der Waals surface area contributed by atoms with Crippen LogP contribution in [0.2, 0.25) is 0 Å². The van der Waals surface area contributed by atoms with E-state index >= 15 is 0 Å². The fraction of sp³-hybridized carbons (Fsp3) is 0. The second kappa shape index (κ2) is 9.69. The standard InChI is InChI=1S/C44H26O2/c1-2-13-27(14-3-1)28-15-4-5-17-30(28)40-31-18-6-8-20-33(31)41(34-21-9-7-19-32(34)40)36-22-12-23-37-42-39(46-43(36)37)26-25-35-29-16-10-11-24-38(29)45-44(35)42/h1-26H. The number of hydrogen-bond acceptors (Lipinski definition) is 2. The molecule has 2 heteroatoms. The van der Waals surface area contributed by atoms with Crippen molar-refractivity contribution in [2.75, 3.05) is 0 Å². The lowest BCUT2D eigenvalue weighted by Crippen LogP contribution is -1.92. The summed E-state index contributed by atoms with van der Waals surface area (Å²) >= 11 is 0. The van der Waals surface area contributed by atoms with Crippen LogP contribution in [0.5, 0.6) is 0 Å². The molecule has 0 spiro atoms. The van der Waals surface area contributed by atoms with Crippen molar-refractivity contribution in [3.63, 3.8) is 0 Å². The van der Waals surface area contributed by atoms with Gasteiger partial charge in [0, 0.05) is 27.3 Å². The van der Waals surface area contributed by atoms with E-state index < -0.39 is 0 Å². The van der Waals surface area contributed by atoms with Gasteiger partial charge < -0.3 is 8.83 Å². The Morgan fingerprint density at radius 3 is 1.52 bits per heavy atom. The lowest BCUT2D eigenvalue weighted by Gasteiger charge is -2.19. The van der Waals surface area contributed by atoms with Gasteiger partial charge in [0.15, 0.2) is 0 Å². The highest BCUT2D eigenvalue weighted by molar-refractivity contribution is 6.27. The monoisotopic (exact) mass is 586 g/mol. The van der Waals surface area contributed by atoms with Crippen molar-refractivity contribution in [3.8, 4) is 33.4 Å². The Hall–Kier alpha value is -6.12. The number of furan rings is 2. The predicted molar refractivity (Wildman–Crippen MR) is 192 cm³/mol. The first-order valence-electron chi connectivity index (χ1n) is 15.7. The third kappa shape index (κ3) is 3.53. The number of hydrogen-bond donors (Lipinski definition) is 0. The van der Waals surface area contributed by atoms with E-state index in [2.05, 4.69) is 146 Å². The topological polar surface area (TPSA) is 26.3 Å². The lowest BCUT2D eigenvalue weighted by atomic mass is 9.83. The van der Waals surface area contributed by atoms with E-state index in [0.717, 1.165) is 49.4 Å². The average Bonchev–Trinajstić information content (AvgIpc) is 3.70. The van der Waals surface area contributed by atoms with Crippen LogP contribution in [0.15, 0.2) is 167 Å². The highest BCUT2D eigenvalue weighted by atomic mass is 16.3. The van der Waals surface area contributed by atoms with Gasteiger partial charge in [-0.25, -0.2) is 0 Å². The molecule has 2 aromatic heterocycles. The number of benzene rings is 8. The molecule has 214 valence electrons. The van der Waals surface area contributed by atoms with Gasteiger partial charge in [-0.2, -0.15) is 0 Å². The minimum absolute atomic E-state index is 0.830. The third-order valence-electron chi connectivity index (χ3n) is 9.49. The highest BCUT2D eigenvalue weighted by Crippen LogP contribution is 2.49. The fourth-order valence-corrected chi connectivity index (χ4v) is 7.54. The van der Waals surface area contributed by atoms with Gasteiger partial charge in [0.1, 0.15) is 22.3 Å². The van der Waals surface area contributed by atoms with Gasteiger partial charge in [-0.05, 0) is 62.0 Å². The Kier molecular flexibility index (Phi) is 5.31. The number of fused-ring (bicyclic) bond motifs is 9. The molecule has 0 saturated heterocycles. The first-order chi connectivity index (χ1) is 22.8. The number of rotatable bonds is 3. The smallest absolute Gasteiger partial charge is 0.147 e. The van der Waals surface area contributed by atoms with Crippen molar-refractivity contribution in [1.82, 2.24) is 0 Å². The van der Waals surface area contributed by atoms with Crippen molar-refractivity contribution in [1.29, 1.82) is 0 Å². The van der Waals surface area contributed by atoms with E-state index in [4.69, 9.17) is 8.83 Å². The van der Waals surface area contributed by atoms with Crippen molar-refractivity contribution in [3.05, 3.63) is 158 Å². The molecule has 8 aromatic carbocycles. The molecule has 0 saturated carbocycles. The molecule has 2 nitrogen and oxygen atoms in total. The Labute approximate surface area is 264 Å². The average molecular weight is 587 g/mol. The van der Waals surface area contributed by atoms with E-state index in [0.29, 0.717) is 0 Å². The van der Waals surface area contributed by atoms with Crippen molar-refractivity contribution >= 4 is 65.4 Å². The van der Waals surface area contributed by atoms with E-state index in [9.17, 15) is 0 Å². The molecule has 0 aliphatic heterocycles.